The van der Waals surface area contributed by atoms with Crippen LogP contribution in [0.3, 0.4) is 0 Å². The molecule has 1 saturated carbocycles. The number of nitrogens with two attached hydrogens (primary N) is 1. The zero-order chi connectivity index (χ0) is 13.3. The molecule has 1 aliphatic rings. The molecule has 0 unspecified atom stereocenters. The fourth-order valence-electron chi connectivity index (χ4n) is 3.11. The van der Waals surface area contributed by atoms with Gasteiger partial charge in [-0.15, -0.1) is 5.10 Å². The van der Waals surface area contributed by atoms with Gasteiger partial charge in [0.1, 0.15) is 0 Å². The highest BCUT2D eigenvalue weighted by atomic mass is 15.6. The Morgan fingerprint density at radius 3 is 2.63 bits per heavy atom. The number of aromatic nitrogens is 4. The summed E-state index contributed by atoms with van der Waals surface area (Å²) < 4.78 is 1.92. The first kappa shape index (κ1) is 12.3. The number of hydrogen-bond donors (Lipinski definition) is 1. The van der Waals surface area contributed by atoms with E-state index >= 15 is 0 Å². The Labute approximate surface area is 113 Å². The Morgan fingerprint density at radius 1 is 1.21 bits per heavy atom. The third-order valence-electron chi connectivity index (χ3n) is 4.31. The summed E-state index contributed by atoms with van der Waals surface area (Å²) in [5.41, 5.74) is 2.32. The van der Waals surface area contributed by atoms with Gasteiger partial charge in [0, 0.05) is 12.8 Å². The zero-order valence-corrected chi connectivity index (χ0v) is 11.5. The molecule has 0 amide bonds. The topological polar surface area (TPSA) is 60.2 Å². The van der Waals surface area contributed by atoms with Crippen LogP contribution in [-0.4, -0.2) is 27.3 Å². The molecule has 5 heteroatoms. The molecule has 5 nitrogen and oxygen atoms in total. The van der Waals surface area contributed by atoms with Gasteiger partial charge in [-0.05, 0) is 41.8 Å². The number of tetrazole rings is 1. The number of nitrogens with zero attached hydrogens (tertiary/aromatic N) is 4. The predicted molar refractivity (Wildman–Crippen MR) is 71.9 cm³/mol. The summed E-state index contributed by atoms with van der Waals surface area (Å²) >= 11 is 0. The molecule has 0 atom stereocenters. The Kier molecular flexibility index (Phi) is 3.06. The first-order chi connectivity index (χ1) is 9.27. The molecule has 3 rings (SSSR count). The van der Waals surface area contributed by atoms with E-state index in [2.05, 4.69) is 46.9 Å². The number of para-hydroxylation sites is 1. The van der Waals surface area contributed by atoms with Crippen molar-refractivity contribution in [3.8, 4) is 5.69 Å². The van der Waals surface area contributed by atoms with Gasteiger partial charge in [-0.2, -0.15) is 4.68 Å². The number of hydrogen-bond acceptors (Lipinski definition) is 3. The number of aryl methyl sites for hydroxylation is 1. The van der Waals surface area contributed by atoms with Gasteiger partial charge in [0.15, 0.2) is 5.54 Å². The molecule has 0 saturated heterocycles. The van der Waals surface area contributed by atoms with E-state index in [9.17, 15) is 0 Å². The second kappa shape index (κ2) is 4.74. The van der Waals surface area contributed by atoms with Crippen molar-refractivity contribution >= 4 is 0 Å². The van der Waals surface area contributed by atoms with Crippen LogP contribution in [0.2, 0.25) is 0 Å². The van der Waals surface area contributed by atoms with Gasteiger partial charge in [-0.3, -0.25) is 0 Å². The van der Waals surface area contributed by atoms with Gasteiger partial charge in [0.2, 0.25) is 5.82 Å². The van der Waals surface area contributed by atoms with E-state index in [0.29, 0.717) is 0 Å². The van der Waals surface area contributed by atoms with E-state index in [4.69, 9.17) is 0 Å². The van der Waals surface area contributed by atoms with Gasteiger partial charge in [-0.25, -0.2) is 0 Å². The van der Waals surface area contributed by atoms with E-state index in [1.807, 2.05) is 16.8 Å². The fourth-order valence-corrected chi connectivity index (χ4v) is 3.11. The highest BCUT2D eigenvalue weighted by Crippen LogP contribution is 2.34. The Morgan fingerprint density at radius 2 is 1.95 bits per heavy atom. The van der Waals surface area contributed by atoms with Crippen molar-refractivity contribution in [2.24, 2.45) is 0 Å². The summed E-state index contributed by atoms with van der Waals surface area (Å²) in [6.07, 6.45) is 4.81. The van der Waals surface area contributed by atoms with E-state index < -0.39 is 0 Å². The standard InChI is InChI=1S/C14H19N5/c1-11-7-3-4-8-12(11)19-13(16-17-18-19)14(15-2)9-5-6-10-14/h3-4,7-8,15H,5-6,9-10H2,1-2H3/p+1. The summed E-state index contributed by atoms with van der Waals surface area (Å²) in [6.45, 7) is 2.10. The molecule has 1 heterocycles. The third-order valence-corrected chi connectivity index (χ3v) is 4.31. The third kappa shape index (κ3) is 1.94. The molecule has 0 aliphatic heterocycles. The Balaban J connectivity index is 2.11. The van der Waals surface area contributed by atoms with Crippen molar-refractivity contribution in [2.75, 3.05) is 7.05 Å². The van der Waals surface area contributed by atoms with Crippen molar-refractivity contribution in [1.29, 1.82) is 0 Å². The minimum Gasteiger partial charge on any atom is -0.337 e. The molecule has 1 fully saturated rings. The van der Waals surface area contributed by atoms with Gasteiger partial charge >= 0.3 is 0 Å². The maximum atomic E-state index is 4.33. The number of quaternary nitrogens is 1. The summed E-state index contributed by atoms with van der Waals surface area (Å²) in [7, 11) is 2.13. The average Bonchev–Trinajstić information content (AvgIpc) is 3.08. The summed E-state index contributed by atoms with van der Waals surface area (Å²) in [5, 5.41) is 14.7. The molecule has 100 valence electrons. The van der Waals surface area contributed by atoms with Gasteiger partial charge in [0.25, 0.3) is 0 Å². The lowest BCUT2D eigenvalue weighted by Crippen LogP contribution is -2.91. The van der Waals surface area contributed by atoms with Crippen LogP contribution in [0.25, 0.3) is 5.69 Å². The van der Waals surface area contributed by atoms with Crippen LogP contribution in [0.15, 0.2) is 24.3 Å². The largest absolute Gasteiger partial charge is 0.337 e. The summed E-state index contributed by atoms with van der Waals surface area (Å²) in [6, 6.07) is 8.25. The molecule has 0 spiro atoms. The lowest BCUT2D eigenvalue weighted by molar-refractivity contribution is -0.713. The van der Waals surface area contributed by atoms with Crippen molar-refractivity contribution < 1.29 is 5.32 Å². The molecule has 0 radical (unpaired) electrons. The Bertz CT molecular complexity index is 569. The van der Waals surface area contributed by atoms with E-state index in [1.54, 1.807) is 0 Å². The predicted octanol–water partition coefficient (Wildman–Crippen LogP) is 0.933. The van der Waals surface area contributed by atoms with Gasteiger partial charge in [-0.1, -0.05) is 18.2 Å². The SMILES string of the molecule is C[NH2+]C1(c2nnnn2-c2ccccc2C)CCCC1. The molecular weight excluding hydrogens is 238 g/mol. The van der Waals surface area contributed by atoms with Crippen molar-refractivity contribution in [3.63, 3.8) is 0 Å². The average molecular weight is 258 g/mol. The van der Waals surface area contributed by atoms with Crippen LogP contribution in [0.1, 0.15) is 37.1 Å². The van der Waals surface area contributed by atoms with Crippen LogP contribution in [-0.2, 0) is 5.54 Å². The second-order valence-corrected chi connectivity index (χ2v) is 5.35. The maximum absolute atomic E-state index is 4.33. The molecule has 19 heavy (non-hydrogen) atoms. The quantitative estimate of drug-likeness (QED) is 0.891. The highest BCUT2D eigenvalue weighted by molar-refractivity contribution is 5.40. The van der Waals surface area contributed by atoms with Crippen molar-refractivity contribution in [3.05, 3.63) is 35.7 Å². The monoisotopic (exact) mass is 258 g/mol. The molecule has 1 aromatic heterocycles. The van der Waals surface area contributed by atoms with Gasteiger partial charge in [0.05, 0.1) is 12.7 Å². The maximum Gasteiger partial charge on any atom is 0.217 e. The fraction of sp³-hybridized carbons (Fsp3) is 0.500. The minimum absolute atomic E-state index is 0.0474. The molecular formula is C14H20N5+. The molecule has 2 N–H and O–H groups in total. The second-order valence-electron chi connectivity index (χ2n) is 5.35. The van der Waals surface area contributed by atoms with Crippen LogP contribution >= 0.6 is 0 Å². The van der Waals surface area contributed by atoms with Crippen molar-refractivity contribution in [2.45, 2.75) is 38.1 Å². The highest BCUT2D eigenvalue weighted by Gasteiger charge is 2.43. The van der Waals surface area contributed by atoms with Crippen LogP contribution in [0.5, 0.6) is 0 Å². The zero-order valence-electron chi connectivity index (χ0n) is 11.5. The Hall–Kier alpha value is -1.75. The van der Waals surface area contributed by atoms with Gasteiger partial charge < -0.3 is 5.32 Å². The lowest BCUT2D eigenvalue weighted by atomic mass is 9.96. The molecule has 2 aromatic rings. The minimum atomic E-state index is 0.0474. The number of benzene rings is 1. The first-order valence-electron chi connectivity index (χ1n) is 6.92. The van der Waals surface area contributed by atoms with E-state index in [0.717, 1.165) is 24.4 Å². The molecule has 1 aliphatic carbocycles. The first-order valence-corrected chi connectivity index (χ1v) is 6.92. The van der Waals surface area contributed by atoms with Crippen LogP contribution in [0, 0.1) is 6.92 Å². The molecule has 0 bridgehead atoms. The van der Waals surface area contributed by atoms with E-state index in [-0.39, 0.29) is 5.54 Å². The lowest BCUT2D eigenvalue weighted by Gasteiger charge is -2.23. The van der Waals surface area contributed by atoms with Crippen molar-refractivity contribution in [1.82, 2.24) is 20.2 Å². The molecule has 1 aromatic carbocycles. The van der Waals surface area contributed by atoms with Crippen LogP contribution < -0.4 is 5.32 Å². The van der Waals surface area contributed by atoms with E-state index in [1.165, 1.54) is 18.4 Å². The normalized spacial score (nSPS) is 17.8. The summed E-state index contributed by atoms with van der Waals surface area (Å²) in [5.74, 6) is 0.988. The number of rotatable bonds is 3. The smallest absolute Gasteiger partial charge is 0.217 e. The van der Waals surface area contributed by atoms with Crippen LogP contribution in [0.4, 0.5) is 0 Å². The summed E-state index contributed by atoms with van der Waals surface area (Å²) in [4.78, 5) is 0.